The van der Waals surface area contributed by atoms with E-state index in [1.54, 1.807) is 0 Å². The quantitative estimate of drug-likeness (QED) is 0.841. The summed E-state index contributed by atoms with van der Waals surface area (Å²) in [6, 6.07) is 3.89. The van der Waals surface area contributed by atoms with Gasteiger partial charge in [-0.05, 0) is 37.1 Å². The van der Waals surface area contributed by atoms with Crippen molar-refractivity contribution in [1.29, 1.82) is 0 Å². The van der Waals surface area contributed by atoms with Crippen molar-refractivity contribution in [3.63, 3.8) is 0 Å². The topological polar surface area (TPSA) is 29.5 Å². The highest BCUT2D eigenvalue weighted by atomic mass is 35.5. The lowest BCUT2D eigenvalue weighted by atomic mass is 9.92. The Bertz CT molecular complexity index is 347. The van der Waals surface area contributed by atoms with Crippen molar-refractivity contribution in [3.05, 3.63) is 28.3 Å². The van der Waals surface area contributed by atoms with E-state index >= 15 is 0 Å². The molecule has 1 aromatic carbocycles. The minimum absolute atomic E-state index is 0.167. The molecule has 1 N–H and O–H groups in total. The van der Waals surface area contributed by atoms with Crippen molar-refractivity contribution >= 4 is 11.6 Å². The summed E-state index contributed by atoms with van der Waals surface area (Å²) in [5.41, 5.74) is 2.07. The SMILES string of the molecule is Cc1cc(OC2CC(O)C2)cc(C)c1Cl. The molecule has 0 saturated heterocycles. The Morgan fingerprint density at radius 1 is 1.27 bits per heavy atom. The third kappa shape index (κ3) is 2.27. The molecule has 3 heteroatoms. The summed E-state index contributed by atoms with van der Waals surface area (Å²) in [6.45, 7) is 3.94. The third-order valence-corrected chi connectivity index (χ3v) is 3.38. The average molecular weight is 227 g/mol. The van der Waals surface area contributed by atoms with Gasteiger partial charge in [0.25, 0.3) is 0 Å². The molecule has 0 bridgehead atoms. The summed E-state index contributed by atoms with van der Waals surface area (Å²) in [5, 5.41) is 9.95. The highest BCUT2D eigenvalue weighted by Gasteiger charge is 2.28. The van der Waals surface area contributed by atoms with Crippen molar-refractivity contribution in [2.45, 2.75) is 38.9 Å². The van der Waals surface area contributed by atoms with Crippen molar-refractivity contribution in [2.75, 3.05) is 0 Å². The number of benzene rings is 1. The van der Waals surface area contributed by atoms with Crippen LogP contribution in [0.25, 0.3) is 0 Å². The van der Waals surface area contributed by atoms with Crippen molar-refractivity contribution in [3.8, 4) is 5.75 Å². The van der Waals surface area contributed by atoms with E-state index in [1.165, 1.54) is 0 Å². The lowest BCUT2D eigenvalue weighted by molar-refractivity contribution is -0.0108. The number of hydrogen-bond acceptors (Lipinski definition) is 2. The van der Waals surface area contributed by atoms with Crippen LogP contribution >= 0.6 is 11.6 Å². The number of hydrogen-bond donors (Lipinski definition) is 1. The fraction of sp³-hybridized carbons (Fsp3) is 0.500. The Balaban J connectivity index is 2.09. The predicted molar refractivity (Wildman–Crippen MR) is 60.6 cm³/mol. The molecule has 0 aromatic heterocycles. The molecule has 2 nitrogen and oxygen atoms in total. The smallest absolute Gasteiger partial charge is 0.120 e. The normalized spacial score (nSPS) is 24.8. The number of aryl methyl sites for hydroxylation is 2. The number of aliphatic hydroxyl groups excluding tert-OH is 1. The Labute approximate surface area is 94.8 Å². The van der Waals surface area contributed by atoms with Gasteiger partial charge in [0, 0.05) is 17.9 Å². The highest BCUT2D eigenvalue weighted by Crippen LogP contribution is 2.30. The minimum Gasteiger partial charge on any atom is -0.490 e. The second-order valence-electron chi connectivity index (χ2n) is 4.24. The molecule has 0 unspecified atom stereocenters. The van der Waals surface area contributed by atoms with Crippen LogP contribution in [-0.2, 0) is 0 Å². The number of halogens is 1. The van der Waals surface area contributed by atoms with Crippen LogP contribution in [0.15, 0.2) is 12.1 Å². The molecule has 0 heterocycles. The van der Waals surface area contributed by atoms with Gasteiger partial charge in [0.15, 0.2) is 0 Å². The average Bonchev–Trinajstić information content (AvgIpc) is 2.11. The highest BCUT2D eigenvalue weighted by molar-refractivity contribution is 6.32. The van der Waals surface area contributed by atoms with Gasteiger partial charge in [0.2, 0.25) is 0 Å². The predicted octanol–water partition coefficient (Wildman–Crippen LogP) is 2.86. The van der Waals surface area contributed by atoms with Gasteiger partial charge in [0.1, 0.15) is 11.9 Å². The zero-order valence-electron chi connectivity index (χ0n) is 8.96. The number of ether oxygens (including phenoxy) is 1. The molecule has 1 aliphatic rings. The van der Waals surface area contributed by atoms with E-state index < -0.39 is 0 Å². The van der Waals surface area contributed by atoms with Gasteiger partial charge in [-0.25, -0.2) is 0 Å². The van der Waals surface area contributed by atoms with Crippen LogP contribution in [0.5, 0.6) is 5.75 Å². The lowest BCUT2D eigenvalue weighted by Gasteiger charge is -2.31. The van der Waals surface area contributed by atoms with E-state index in [-0.39, 0.29) is 12.2 Å². The fourth-order valence-corrected chi connectivity index (χ4v) is 1.91. The van der Waals surface area contributed by atoms with Gasteiger partial charge in [-0.2, -0.15) is 0 Å². The molecule has 1 saturated carbocycles. The Hall–Kier alpha value is -0.730. The maximum Gasteiger partial charge on any atom is 0.120 e. The summed E-state index contributed by atoms with van der Waals surface area (Å²) >= 11 is 6.06. The molecule has 1 aromatic rings. The second kappa shape index (κ2) is 4.03. The first kappa shape index (κ1) is 10.8. The zero-order chi connectivity index (χ0) is 11.0. The molecule has 0 amide bonds. The minimum atomic E-state index is -0.176. The summed E-state index contributed by atoms with van der Waals surface area (Å²) in [7, 11) is 0. The molecule has 1 aliphatic carbocycles. The maximum atomic E-state index is 9.15. The van der Waals surface area contributed by atoms with Crippen molar-refractivity contribution in [2.24, 2.45) is 0 Å². The van der Waals surface area contributed by atoms with Crippen LogP contribution in [0.2, 0.25) is 5.02 Å². The molecule has 0 spiro atoms. The van der Waals surface area contributed by atoms with E-state index in [0.29, 0.717) is 0 Å². The summed E-state index contributed by atoms with van der Waals surface area (Å²) in [4.78, 5) is 0. The van der Waals surface area contributed by atoms with E-state index in [9.17, 15) is 0 Å². The van der Waals surface area contributed by atoms with Gasteiger partial charge >= 0.3 is 0 Å². The van der Waals surface area contributed by atoms with Crippen molar-refractivity contribution in [1.82, 2.24) is 0 Å². The largest absolute Gasteiger partial charge is 0.490 e. The lowest BCUT2D eigenvalue weighted by Crippen LogP contribution is -2.37. The Morgan fingerprint density at radius 2 is 1.80 bits per heavy atom. The second-order valence-corrected chi connectivity index (χ2v) is 4.61. The molecule has 82 valence electrons. The first-order chi connectivity index (χ1) is 7.06. The standard InChI is InChI=1S/C12H15ClO2/c1-7-3-10(4-8(2)12(7)13)15-11-5-9(14)6-11/h3-4,9,11,14H,5-6H2,1-2H3. The molecular weight excluding hydrogens is 212 g/mol. The van der Waals surface area contributed by atoms with Crippen molar-refractivity contribution < 1.29 is 9.84 Å². The number of aliphatic hydroxyl groups is 1. The van der Waals surface area contributed by atoms with Gasteiger partial charge in [0.05, 0.1) is 6.10 Å². The maximum absolute atomic E-state index is 9.15. The summed E-state index contributed by atoms with van der Waals surface area (Å²) in [6.07, 6.45) is 1.46. The molecular formula is C12H15ClO2. The van der Waals surface area contributed by atoms with Crippen LogP contribution in [0.4, 0.5) is 0 Å². The van der Waals surface area contributed by atoms with Gasteiger partial charge in [-0.1, -0.05) is 11.6 Å². The zero-order valence-corrected chi connectivity index (χ0v) is 9.71. The molecule has 15 heavy (non-hydrogen) atoms. The Kier molecular flexibility index (Phi) is 2.89. The first-order valence-electron chi connectivity index (χ1n) is 5.17. The van der Waals surface area contributed by atoms with Crippen LogP contribution in [0.1, 0.15) is 24.0 Å². The molecule has 1 fully saturated rings. The Morgan fingerprint density at radius 3 is 2.27 bits per heavy atom. The molecule has 0 radical (unpaired) electrons. The number of rotatable bonds is 2. The summed E-state index contributed by atoms with van der Waals surface area (Å²) in [5.74, 6) is 0.853. The third-order valence-electron chi connectivity index (χ3n) is 2.78. The molecule has 0 atom stereocenters. The van der Waals surface area contributed by atoms with E-state index in [2.05, 4.69) is 0 Å². The van der Waals surface area contributed by atoms with E-state index in [1.807, 2.05) is 26.0 Å². The fourth-order valence-electron chi connectivity index (χ4n) is 1.80. The van der Waals surface area contributed by atoms with Crippen LogP contribution in [-0.4, -0.2) is 17.3 Å². The van der Waals surface area contributed by atoms with Gasteiger partial charge in [-0.15, -0.1) is 0 Å². The monoisotopic (exact) mass is 226 g/mol. The van der Waals surface area contributed by atoms with E-state index in [0.717, 1.165) is 34.7 Å². The van der Waals surface area contributed by atoms with Gasteiger partial charge < -0.3 is 9.84 Å². The van der Waals surface area contributed by atoms with Crippen LogP contribution in [0, 0.1) is 13.8 Å². The molecule has 2 rings (SSSR count). The van der Waals surface area contributed by atoms with E-state index in [4.69, 9.17) is 21.4 Å². The van der Waals surface area contributed by atoms with Crippen LogP contribution < -0.4 is 4.74 Å². The first-order valence-corrected chi connectivity index (χ1v) is 5.55. The summed E-state index contributed by atoms with van der Waals surface area (Å²) < 4.78 is 5.72. The van der Waals surface area contributed by atoms with Crippen LogP contribution in [0.3, 0.4) is 0 Å². The van der Waals surface area contributed by atoms with Gasteiger partial charge in [-0.3, -0.25) is 0 Å². The molecule has 0 aliphatic heterocycles.